The van der Waals surface area contributed by atoms with Crippen LogP contribution in [0.1, 0.15) is 11.3 Å². The highest BCUT2D eigenvalue weighted by atomic mass is 32.1. The maximum atomic E-state index is 12.8. The highest BCUT2D eigenvalue weighted by Gasteiger charge is 2.13. The highest BCUT2D eigenvalue weighted by Crippen LogP contribution is 2.31. The van der Waals surface area contributed by atoms with E-state index >= 15 is 0 Å². The molecule has 0 spiro atoms. The predicted molar refractivity (Wildman–Crippen MR) is 147 cm³/mol. The van der Waals surface area contributed by atoms with Crippen LogP contribution in [0.15, 0.2) is 78.3 Å². The molecule has 0 aliphatic rings. The minimum Gasteiger partial charge on any atom is -0.497 e. The molecular formula is C28H22N4O2S2. The van der Waals surface area contributed by atoms with Crippen molar-refractivity contribution in [3.8, 4) is 27.6 Å². The Bertz CT molecular complexity index is 1700. The lowest BCUT2D eigenvalue weighted by atomic mass is 10.1. The van der Waals surface area contributed by atoms with Gasteiger partial charge in [-0.05, 0) is 73.2 Å². The van der Waals surface area contributed by atoms with Gasteiger partial charge in [0.15, 0.2) is 4.96 Å². The Balaban J connectivity index is 1.15. The van der Waals surface area contributed by atoms with Crippen molar-refractivity contribution >= 4 is 49.4 Å². The molecule has 1 amide bonds. The number of methoxy groups -OCH3 is 1. The number of carbonyl (C=O) groups excluding carboxylic acids is 1. The van der Waals surface area contributed by atoms with Gasteiger partial charge in [-0.25, -0.2) is 9.97 Å². The number of thiazole rings is 2. The van der Waals surface area contributed by atoms with E-state index < -0.39 is 0 Å². The van der Waals surface area contributed by atoms with Crippen molar-refractivity contribution < 1.29 is 9.53 Å². The maximum Gasteiger partial charge on any atom is 0.230 e. The van der Waals surface area contributed by atoms with E-state index in [2.05, 4.69) is 30.4 Å². The summed E-state index contributed by atoms with van der Waals surface area (Å²) in [6.45, 7) is 2.09. The summed E-state index contributed by atoms with van der Waals surface area (Å²) >= 11 is 3.21. The second-order valence-corrected chi connectivity index (χ2v) is 10.4. The lowest BCUT2D eigenvalue weighted by Crippen LogP contribution is -2.15. The maximum absolute atomic E-state index is 12.8. The van der Waals surface area contributed by atoms with Gasteiger partial charge in [-0.2, -0.15) is 0 Å². The molecule has 36 heavy (non-hydrogen) atoms. The smallest absolute Gasteiger partial charge is 0.230 e. The van der Waals surface area contributed by atoms with Crippen molar-refractivity contribution in [2.45, 2.75) is 13.3 Å². The number of hydrogen-bond donors (Lipinski definition) is 1. The molecule has 0 saturated carbocycles. The second-order valence-electron chi connectivity index (χ2n) is 8.53. The molecule has 1 N–H and O–H groups in total. The van der Waals surface area contributed by atoms with Crippen molar-refractivity contribution in [1.29, 1.82) is 0 Å². The Morgan fingerprint density at radius 3 is 2.56 bits per heavy atom. The normalized spacial score (nSPS) is 11.3. The number of imidazole rings is 1. The summed E-state index contributed by atoms with van der Waals surface area (Å²) in [7, 11) is 1.65. The van der Waals surface area contributed by atoms with Crippen molar-refractivity contribution in [3.63, 3.8) is 0 Å². The van der Waals surface area contributed by atoms with Crippen LogP contribution in [0.4, 0.5) is 5.69 Å². The van der Waals surface area contributed by atoms with Crippen molar-refractivity contribution in [3.05, 3.63) is 89.6 Å². The van der Waals surface area contributed by atoms with Gasteiger partial charge in [0.2, 0.25) is 5.91 Å². The summed E-state index contributed by atoms with van der Waals surface area (Å²) in [5, 5.41) is 5.97. The Morgan fingerprint density at radius 1 is 1.00 bits per heavy atom. The third kappa shape index (κ3) is 4.36. The van der Waals surface area contributed by atoms with Gasteiger partial charge >= 0.3 is 0 Å². The molecule has 3 aromatic heterocycles. The van der Waals surface area contributed by atoms with E-state index in [1.165, 1.54) is 21.6 Å². The van der Waals surface area contributed by atoms with Gasteiger partial charge in [0.05, 0.1) is 29.4 Å². The Morgan fingerprint density at radius 2 is 1.78 bits per heavy atom. The SMILES string of the molecule is COc1ccc(-c2cn3c(CC(=O)Nc4ccc(-c5nc6ccc(C)cc6s5)cc4)csc3n2)cc1. The van der Waals surface area contributed by atoms with Crippen LogP contribution in [0.5, 0.6) is 5.75 Å². The van der Waals surface area contributed by atoms with Gasteiger partial charge in [0.1, 0.15) is 10.8 Å². The number of carbonyl (C=O) groups is 1. The average molecular weight is 511 g/mol. The van der Waals surface area contributed by atoms with Crippen LogP contribution in [0.2, 0.25) is 0 Å². The largest absolute Gasteiger partial charge is 0.497 e. The number of aryl methyl sites for hydroxylation is 1. The van der Waals surface area contributed by atoms with Gasteiger partial charge in [-0.15, -0.1) is 22.7 Å². The molecule has 0 aliphatic heterocycles. The van der Waals surface area contributed by atoms with Crippen LogP contribution >= 0.6 is 22.7 Å². The minimum atomic E-state index is -0.0717. The zero-order valence-electron chi connectivity index (χ0n) is 19.7. The summed E-state index contributed by atoms with van der Waals surface area (Å²) in [6, 6.07) is 21.9. The minimum absolute atomic E-state index is 0.0717. The van der Waals surface area contributed by atoms with Crippen LogP contribution < -0.4 is 10.1 Å². The third-order valence-corrected chi connectivity index (χ3v) is 7.93. The van der Waals surface area contributed by atoms with Crippen molar-refractivity contribution in [2.75, 3.05) is 12.4 Å². The molecule has 8 heteroatoms. The molecule has 0 bridgehead atoms. The lowest BCUT2D eigenvalue weighted by Gasteiger charge is -2.06. The molecule has 6 nitrogen and oxygen atoms in total. The number of aromatic nitrogens is 3. The van der Waals surface area contributed by atoms with E-state index in [0.717, 1.165) is 49.4 Å². The topological polar surface area (TPSA) is 68.5 Å². The molecule has 3 aromatic carbocycles. The fourth-order valence-corrected chi connectivity index (χ4v) is 6.02. The van der Waals surface area contributed by atoms with Gasteiger partial charge in [-0.1, -0.05) is 6.07 Å². The number of anilines is 1. The molecule has 0 aliphatic carbocycles. The van der Waals surface area contributed by atoms with E-state index in [-0.39, 0.29) is 12.3 Å². The number of benzene rings is 3. The highest BCUT2D eigenvalue weighted by molar-refractivity contribution is 7.21. The van der Waals surface area contributed by atoms with Crippen LogP contribution in [0.3, 0.4) is 0 Å². The van der Waals surface area contributed by atoms with Crippen LogP contribution in [-0.4, -0.2) is 27.4 Å². The Hall–Kier alpha value is -4.01. The molecule has 0 radical (unpaired) electrons. The Kier molecular flexibility index (Phi) is 5.75. The van der Waals surface area contributed by atoms with E-state index in [4.69, 9.17) is 14.7 Å². The summed E-state index contributed by atoms with van der Waals surface area (Å²) < 4.78 is 8.40. The number of nitrogens with one attached hydrogen (secondary N) is 1. The average Bonchev–Trinajstić information content (AvgIpc) is 3.60. The summed E-state index contributed by atoms with van der Waals surface area (Å²) in [4.78, 5) is 23.1. The zero-order chi connectivity index (χ0) is 24.6. The predicted octanol–water partition coefficient (Wildman–Crippen LogP) is 6.84. The fraction of sp³-hybridized carbons (Fsp3) is 0.107. The number of amides is 1. The van der Waals surface area contributed by atoms with Crippen LogP contribution in [0, 0.1) is 6.92 Å². The monoisotopic (exact) mass is 510 g/mol. The van der Waals surface area contributed by atoms with E-state index in [0.29, 0.717) is 0 Å². The van der Waals surface area contributed by atoms with Crippen LogP contribution in [-0.2, 0) is 11.2 Å². The Labute approximate surface area is 215 Å². The molecule has 178 valence electrons. The molecule has 3 heterocycles. The summed E-state index contributed by atoms with van der Waals surface area (Å²) in [5.41, 5.74) is 6.81. The van der Waals surface area contributed by atoms with Gasteiger partial charge in [-0.3, -0.25) is 9.20 Å². The first-order valence-corrected chi connectivity index (χ1v) is 13.1. The second kappa shape index (κ2) is 9.22. The third-order valence-electron chi connectivity index (χ3n) is 5.97. The molecule has 6 rings (SSSR count). The quantitative estimate of drug-likeness (QED) is 0.266. The van der Waals surface area contributed by atoms with Gasteiger partial charge < -0.3 is 10.1 Å². The first-order valence-electron chi connectivity index (χ1n) is 11.4. The summed E-state index contributed by atoms with van der Waals surface area (Å²) in [5.74, 6) is 0.734. The summed E-state index contributed by atoms with van der Waals surface area (Å²) in [6.07, 6.45) is 2.24. The first-order chi connectivity index (χ1) is 17.6. The number of hydrogen-bond acceptors (Lipinski definition) is 6. The molecule has 0 fully saturated rings. The standard InChI is InChI=1S/C28H22N4O2S2/c1-17-3-12-23-25(13-17)36-27(30-23)19-4-8-20(9-5-19)29-26(33)14-21-16-35-28-31-24(15-32(21)28)18-6-10-22(34-2)11-7-18/h3-13,15-16H,14H2,1-2H3,(H,29,33). The first kappa shape index (κ1) is 22.5. The zero-order valence-corrected chi connectivity index (χ0v) is 21.3. The van der Waals surface area contributed by atoms with E-state index in [1.807, 2.05) is 64.5 Å². The molecule has 6 aromatic rings. The molecule has 0 saturated heterocycles. The lowest BCUT2D eigenvalue weighted by molar-refractivity contribution is -0.115. The van der Waals surface area contributed by atoms with Gasteiger partial charge in [0, 0.05) is 34.1 Å². The number of nitrogens with zero attached hydrogens (tertiary/aromatic N) is 3. The molecule has 0 unspecified atom stereocenters. The number of ether oxygens (including phenoxy) is 1. The molecular weight excluding hydrogens is 488 g/mol. The fourth-order valence-electron chi connectivity index (χ4n) is 4.08. The van der Waals surface area contributed by atoms with Crippen molar-refractivity contribution in [2.24, 2.45) is 0 Å². The number of fused-ring (bicyclic) bond motifs is 2. The van der Waals surface area contributed by atoms with E-state index in [9.17, 15) is 4.79 Å². The number of rotatable bonds is 6. The van der Waals surface area contributed by atoms with E-state index in [1.54, 1.807) is 18.4 Å². The van der Waals surface area contributed by atoms with Crippen molar-refractivity contribution in [1.82, 2.24) is 14.4 Å². The van der Waals surface area contributed by atoms with Gasteiger partial charge in [0.25, 0.3) is 0 Å². The van der Waals surface area contributed by atoms with Crippen LogP contribution in [0.25, 0.3) is 37.0 Å². The molecule has 0 atom stereocenters.